The lowest BCUT2D eigenvalue weighted by Crippen LogP contribution is -2.14. The smallest absolute Gasteiger partial charge is 0.0853 e. The number of nitrogens with zero attached hydrogens (tertiary/aromatic N) is 1. The zero-order valence-corrected chi connectivity index (χ0v) is 9.60. The van der Waals surface area contributed by atoms with Crippen LogP contribution in [-0.4, -0.2) is 10.1 Å². The van der Waals surface area contributed by atoms with Crippen LogP contribution in [0.2, 0.25) is 0 Å². The van der Waals surface area contributed by atoms with E-state index in [1.165, 1.54) is 25.7 Å². The predicted molar refractivity (Wildman–Crippen MR) is 64.8 cm³/mol. The molecule has 3 nitrogen and oxygen atoms in total. The number of hydrogen-bond acceptors (Lipinski definition) is 3. The van der Waals surface area contributed by atoms with Crippen molar-refractivity contribution in [2.75, 3.05) is 5.73 Å². The van der Waals surface area contributed by atoms with Crippen LogP contribution in [0.25, 0.3) is 0 Å². The quantitative estimate of drug-likeness (QED) is 0.753. The molecule has 1 aliphatic rings. The normalized spacial score (nSPS) is 20.3. The standard InChI is InChI=1S/C13H20N2O/c14-12-7-8-15-9-11(12)13(16)10-5-3-1-2-4-6-10/h7-10,13,16H,1-6H2,(H2,14,15). The zero-order valence-electron chi connectivity index (χ0n) is 9.60. The minimum absolute atomic E-state index is 0.356. The maximum Gasteiger partial charge on any atom is 0.0853 e. The maximum absolute atomic E-state index is 10.3. The Hall–Kier alpha value is -1.09. The number of aliphatic hydroxyl groups is 1. The molecule has 0 spiro atoms. The first kappa shape index (κ1) is 11.4. The van der Waals surface area contributed by atoms with Crippen molar-refractivity contribution in [3.05, 3.63) is 24.0 Å². The molecule has 0 radical (unpaired) electrons. The molecule has 2 rings (SSSR count). The molecule has 0 aromatic carbocycles. The number of hydrogen-bond donors (Lipinski definition) is 2. The average molecular weight is 220 g/mol. The van der Waals surface area contributed by atoms with E-state index in [1.54, 1.807) is 18.5 Å². The van der Waals surface area contributed by atoms with Gasteiger partial charge in [0.1, 0.15) is 0 Å². The lowest BCUT2D eigenvalue weighted by Gasteiger charge is -2.22. The fraction of sp³-hybridized carbons (Fsp3) is 0.615. The first-order chi connectivity index (χ1) is 7.79. The van der Waals surface area contributed by atoms with Crippen LogP contribution in [-0.2, 0) is 0 Å². The SMILES string of the molecule is Nc1ccncc1C(O)C1CCCCCC1. The van der Waals surface area contributed by atoms with Crippen LogP contribution in [0.1, 0.15) is 50.2 Å². The van der Waals surface area contributed by atoms with E-state index in [-0.39, 0.29) is 0 Å². The Kier molecular flexibility index (Phi) is 3.78. The maximum atomic E-state index is 10.3. The average Bonchev–Trinajstić information content (AvgIpc) is 2.57. The minimum Gasteiger partial charge on any atom is -0.398 e. The van der Waals surface area contributed by atoms with E-state index < -0.39 is 6.10 Å². The predicted octanol–water partition coefficient (Wildman–Crippen LogP) is 2.67. The van der Waals surface area contributed by atoms with Gasteiger partial charge in [-0.1, -0.05) is 25.7 Å². The highest BCUT2D eigenvalue weighted by atomic mass is 16.3. The molecule has 1 aromatic rings. The molecule has 0 aliphatic heterocycles. The second-order valence-electron chi connectivity index (χ2n) is 4.70. The van der Waals surface area contributed by atoms with Gasteiger partial charge in [-0.25, -0.2) is 0 Å². The van der Waals surface area contributed by atoms with Gasteiger partial charge in [0.2, 0.25) is 0 Å². The van der Waals surface area contributed by atoms with Gasteiger partial charge >= 0.3 is 0 Å². The van der Waals surface area contributed by atoms with Crippen molar-refractivity contribution >= 4 is 5.69 Å². The van der Waals surface area contributed by atoms with Gasteiger partial charge in [0.05, 0.1) is 6.10 Å². The number of nitrogens with two attached hydrogens (primary N) is 1. The third-order valence-corrected chi connectivity index (χ3v) is 3.55. The summed E-state index contributed by atoms with van der Waals surface area (Å²) in [6, 6.07) is 1.76. The van der Waals surface area contributed by atoms with E-state index in [0.29, 0.717) is 11.6 Å². The molecule has 16 heavy (non-hydrogen) atoms. The molecule has 1 atom stereocenters. The summed E-state index contributed by atoms with van der Waals surface area (Å²) in [4.78, 5) is 4.04. The molecule has 1 aromatic heterocycles. The summed E-state index contributed by atoms with van der Waals surface area (Å²) in [5, 5.41) is 10.3. The van der Waals surface area contributed by atoms with Crippen LogP contribution in [0.3, 0.4) is 0 Å². The highest BCUT2D eigenvalue weighted by molar-refractivity contribution is 5.45. The van der Waals surface area contributed by atoms with Gasteiger partial charge in [-0.05, 0) is 24.8 Å². The highest BCUT2D eigenvalue weighted by Gasteiger charge is 2.23. The summed E-state index contributed by atoms with van der Waals surface area (Å²) in [6.45, 7) is 0. The van der Waals surface area contributed by atoms with E-state index in [0.717, 1.165) is 18.4 Å². The molecule has 0 amide bonds. The summed E-state index contributed by atoms with van der Waals surface area (Å²) < 4.78 is 0. The van der Waals surface area contributed by atoms with E-state index >= 15 is 0 Å². The zero-order chi connectivity index (χ0) is 11.4. The molecule has 1 saturated carbocycles. The molecular weight excluding hydrogens is 200 g/mol. The second kappa shape index (κ2) is 5.30. The van der Waals surface area contributed by atoms with Gasteiger partial charge in [0.15, 0.2) is 0 Å². The summed E-state index contributed by atoms with van der Waals surface area (Å²) >= 11 is 0. The highest BCUT2D eigenvalue weighted by Crippen LogP contribution is 2.34. The minimum atomic E-state index is -0.438. The number of nitrogen functional groups attached to an aromatic ring is 1. The molecule has 3 N–H and O–H groups in total. The number of rotatable bonds is 2. The summed E-state index contributed by atoms with van der Waals surface area (Å²) in [5.41, 5.74) is 7.33. The van der Waals surface area contributed by atoms with Gasteiger partial charge in [-0.3, -0.25) is 4.98 Å². The van der Waals surface area contributed by atoms with Crippen LogP contribution in [0.15, 0.2) is 18.5 Å². The number of aromatic nitrogens is 1. The Bertz CT molecular complexity index is 332. The second-order valence-corrected chi connectivity index (χ2v) is 4.70. The number of anilines is 1. The Morgan fingerprint density at radius 2 is 1.94 bits per heavy atom. The molecule has 0 saturated heterocycles. The Labute approximate surface area is 96.7 Å². The monoisotopic (exact) mass is 220 g/mol. The van der Waals surface area contributed by atoms with Gasteiger partial charge in [-0.2, -0.15) is 0 Å². The largest absolute Gasteiger partial charge is 0.398 e. The van der Waals surface area contributed by atoms with Crippen LogP contribution >= 0.6 is 0 Å². The Morgan fingerprint density at radius 3 is 2.56 bits per heavy atom. The molecule has 1 aliphatic carbocycles. The molecule has 88 valence electrons. The van der Waals surface area contributed by atoms with E-state index in [1.807, 2.05) is 0 Å². The lowest BCUT2D eigenvalue weighted by molar-refractivity contribution is 0.0991. The summed E-state index contributed by atoms with van der Waals surface area (Å²) in [5.74, 6) is 0.356. The van der Waals surface area contributed by atoms with Gasteiger partial charge in [-0.15, -0.1) is 0 Å². The number of pyridine rings is 1. The van der Waals surface area contributed by atoms with Crippen LogP contribution < -0.4 is 5.73 Å². The Morgan fingerprint density at radius 1 is 1.25 bits per heavy atom. The van der Waals surface area contributed by atoms with E-state index in [9.17, 15) is 5.11 Å². The molecule has 3 heteroatoms. The Balaban J connectivity index is 2.11. The van der Waals surface area contributed by atoms with Crippen LogP contribution in [0.5, 0.6) is 0 Å². The molecule has 0 bridgehead atoms. The van der Waals surface area contributed by atoms with Gasteiger partial charge in [0.25, 0.3) is 0 Å². The van der Waals surface area contributed by atoms with Crippen LogP contribution in [0, 0.1) is 5.92 Å². The van der Waals surface area contributed by atoms with Gasteiger partial charge < -0.3 is 10.8 Å². The van der Waals surface area contributed by atoms with Crippen molar-refractivity contribution in [3.63, 3.8) is 0 Å². The third-order valence-electron chi connectivity index (χ3n) is 3.55. The van der Waals surface area contributed by atoms with Crippen molar-refractivity contribution in [2.24, 2.45) is 5.92 Å². The lowest BCUT2D eigenvalue weighted by atomic mass is 9.89. The molecule has 1 unspecified atom stereocenters. The van der Waals surface area contributed by atoms with Crippen molar-refractivity contribution < 1.29 is 5.11 Å². The molecular formula is C13H20N2O. The van der Waals surface area contributed by atoms with Crippen molar-refractivity contribution in [3.8, 4) is 0 Å². The van der Waals surface area contributed by atoms with E-state index in [2.05, 4.69) is 4.98 Å². The fourth-order valence-electron chi connectivity index (χ4n) is 2.55. The van der Waals surface area contributed by atoms with Crippen molar-refractivity contribution in [1.29, 1.82) is 0 Å². The van der Waals surface area contributed by atoms with Crippen molar-refractivity contribution in [2.45, 2.75) is 44.6 Å². The molecule has 1 fully saturated rings. The first-order valence-electron chi connectivity index (χ1n) is 6.16. The molecule has 1 heterocycles. The summed E-state index contributed by atoms with van der Waals surface area (Å²) in [6.07, 6.45) is 10.2. The van der Waals surface area contributed by atoms with Crippen molar-refractivity contribution in [1.82, 2.24) is 4.98 Å². The third kappa shape index (κ3) is 2.53. The fourth-order valence-corrected chi connectivity index (χ4v) is 2.55. The topological polar surface area (TPSA) is 59.1 Å². The summed E-state index contributed by atoms with van der Waals surface area (Å²) in [7, 11) is 0. The number of aliphatic hydroxyl groups excluding tert-OH is 1. The van der Waals surface area contributed by atoms with E-state index in [4.69, 9.17) is 5.73 Å². The van der Waals surface area contributed by atoms with Gasteiger partial charge in [0, 0.05) is 23.6 Å². The van der Waals surface area contributed by atoms with Crippen LogP contribution in [0.4, 0.5) is 5.69 Å². The first-order valence-corrected chi connectivity index (χ1v) is 6.16.